The zero-order valence-electron chi connectivity index (χ0n) is 11.2. The Morgan fingerprint density at radius 2 is 1.75 bits per heavy atom. The van der Waals surface area contributed by atoms with Crippen molar-refractivity contribution in [2.24, 2.45) is 16.7 Å². The highest BCUT2D eigenvalue weighted by atomic mass is 16.3. The Kier molecular flexibility index (Phi) is 2.94. The molecule has 92 valence electrons. The number of hydrogen-bond donors (Lipinski definition) is 1. The van der Waals surface area contributed by atoms with Gasteiger partial charge in [-0.1, -0.05) is 40.2 Å². The minimum atomic E-state index is -0.192. The Hall–Kier alpha value is -0.300. The van der Waals surface area contributed by atoms with Crippen LogP contribution in [0.25, 0.3) is 0 Å². The summed E-state index contributed by atoms with van der Waals surface area (Å²) < 4.78 is 0. The molecule has 0 aliphatic heterocycles. The number of aliphatic hydroxyl groups is 1. The normalized spacial score (nSPS) is 30.4. The fourth-order valence-corrected chi connectivity index (χ4v) is 3.56. The predicted molar refractivity (Wildman–Crippen MR) is 68.2 cm³/mol. The Morgan fingerprint density at radius 1 is 1.12 bits per heavy atom. The van der Waals surface area contributed by atoms with Crippen LogP contribution in [0, 0.1) is 16.7 Å². The summed E-state index contributed by atoms with van der Waals surface area (Å²) in [5, 5.41) is 10.5. The molecule has 0 bridgehead atoms. The first-order valence-corrected chi connectivity index (χ1v) is 6.76. The summed E-state index contributed by atoms with van der Waals surface area (Å²) >= 11 is 0. The minimum Gasteiger partial charge on any atom is -0.388 e. The summed E-state index contributed by atoms with van der Waals surface area (Å²) in [4.78, 5) is 0. The molecule has 2 aliphatic carbocycles. The maximum Gasteiger partial charge on any atom is 0.0788 e. The number of rotatable bonds is 2. The van der Waals surface area contributed by atoms with Crippen molar-refractivity contribution in [1.82, 2.24) is 0 Å². The van der Waals surface area contributed by atoms with E-state index in [0.717, 1.165) is 6.42 Å². The molecule has 0 radical (unpaired) electrons. The highest BCUT2D eigenvalue weighted by Crippen LogP contribution is 2.70. The number of aliphatic hydroxyl groups excluding tert-OH is 1. The second-order valence-electron chi connectivity index (χ2n) is 6.74. The number of allylic oxidation sites excluding steroid dienone is 1. The highest BCUT2D eigenvalue weighted by Gasteiger charge is 2.67. The van der Waals surface area contributed by atoms with Gasteiger partial charge in [0.25, 0.3) is 0 Å². The van der Waals surface area contributed by atoms with E-state index >= 15 is 0 Å². The summed E-state index contributed by atoms with van der Waals surface area (Å²) in [7, 11) is 0. The Bertz CT molecular complexity index is 285. The van der Waals surface area contributed by atoms with E-state index in [2.05, 4.69) is 33.8 Å². The van der Waals surface area contributed by atoms with Crippen LogP contribution in [0.2, 0.25) is 0 Å². The van der Waals surface area contributed by atoms with Crippen LogP contribution in [0.3, 0.4) is 0 Å². The van der Waals surface area contributed by atoms with Crippen LogP contribution in [0.5, 0.6) is 0 Å². The third-order valence-corrected chi connectivity index (χ3v) is 5.40. The molecule has 1 atom stereocenters. The molecule has 1 heteroatoms. The molecule has 0 spiro atoms. The molecule has 0 aromatic rings. The van der Waals surface area contributed by atoms with Crippen molar-refractivity contribution in [3.05, 3.63) is 11.6 Å². The van der Waals surface area contributed by atoms with Crippen molar-refractivity contribution in [3.63, 3.8) is 0 Å². The van der Waals surface area contributed by atoms with E-state index in [0.29, 0.717) is 16.7 Å². The standard InChI is InChI=1S/C15H26O/c1-14(2)13(15(14,3)4)12(16)11-9-7-5-6-8-10-11/h9,12-13,16H,5-8,10H2,1-4H3. The summed E-state index contributed by atoms with van der Waals surface area (Å²) in [6.07, 6.45) is 8.28. The maximum atomic E-state index is 10.5. The van der Waals surface area contributed by atoms with E-state index in [1.54, 1.807) is 0 Å². The molecule has 2 rings (SSSR count). The van der Waals surface area contributed by atoms with Crippen LogP contribution in [-0.4, -0.2) is 11.2 Å². The van der Waals surface area contributed by atoms with E-state index in [-0.39, 0.29) is 6.10 Å². The van der Waals surface area contributed by atoms with Crippen LogP contribution in [0.15, 0.2) is 11.6 Å². The van der Waals surface area contributed by atoms with Gasteiger partial charge in [-0.25, -0.2) is 0 Å². The molecule has 1 N–H and O–H groups in total. The SMILES string of the molecule is CC1(C)C(C(O)C2=CCCCCC2)C1(C)C. The topological polar surface area (TPSA) is 20.2 Å². The summed E-state index contributed by atoms with van der Waals surface area (Å²) in [6, 6.07) is 0. The molecule has 1 saturated carbocycles. The minimum absolute atomic E-state index is 0.192. The summed E-state index contributed by atoms with van der Waals surface area (Å²) in [5.41, 5.74) is 1.90. The molecule has 1 unspecified atom stereocenters. The first-order chi connectivity index (χ1) is 7.39. The molecular formula is C15H26O. The smallest absolute Gasteiger partial charge is 0.0788 e. The van der Waals surface area contributed by atoms with Crippen LogP contribution in [0.1, 0.15) is 59.8 Å². The fraction of sp³-hybridized carbons (Fsp3) is 0.867. The van der Waals surface area contributed by atoms with Crippen molar-refractivity contribution >= 4 is 0 Å². The highest BCUT2D eigenvalue weighted by molar-refractivity contribution is 5.23. The molecule has 0 saturated heterocycles. The fourth-order valence-electron chi connectivity index (χ4n) is 3.56. The lowest BCUT2D eigenvalue weighted by Gasteiger charge is -2.16. The first-order valence-electron chi connectivity index (χ1n) is 6.76. The monoisotopic (exact) mass is 222 g/mol. The molecule has 0 aromatic heterocycles. The van der Waals surface area contributed by atoms with Gasteiger partial charge in [0.05, 0.1) is 6.10 Å². The number of hydrogen-bond acceptors (Lipinski definition) is 1. The van der Waals surface area contributed by atoms with Gasteiger partial charge in [0.15, 0.2) is 0 Å². The van der Waals surface area contributed by atoms with Crippen LogP contribution in [-0.2, 0) is 0 Å². The molecule has 1 nitrogen and oxygen atoms in total. The van der Waals surface area contributed by atoms with Gasteiger partial charge < -0.3 is 5.11 Å². The lowest BCUT2D eigenvalue weighted by Crippen LogP contribution is -2.17. The molecule has 16 heavy (non-hydrogen) atoms. The summed E-state index contributed by atoms with van der Waals surface area (Å²) in [6.45, 7) is 9.16. The van der Waals surface area contributed by atoms with Gasteiger partial charge in [0.1, 0.15) is 0 Å². The van der Waals surface area contributed by atoms with Gasteiger partial charge >= 0.3 is 0 Å². The van der Waals surface area contributed by atoms with E-state index in [9.17, 15) is 5.11 Å². The molecular weight excluding hydrogens is 196 g/mol. The molecule has 0 aromatic carbocycles. The first kappa shape index (κ1) is 12.2. The predicted octanol–water partition coefficient (Wildman–Crippen LogP) is 3.92. The Balaban J connectivity index is 2.09. The van der Waals surface area contributed by atoms with E-state index in [1.807, 2.05) is 0 Å². The van der Waals surface area contributed by atoms with E-state index in [4.69, 9.17) is 0 Å². The van der Waals surface area contributed by atoms with Gasteiger partial charge in [-0.3, -0.25) is 0 Å². The van der Waals surface area contributed by atoms with E-state index in [1.165, 1.54) is 31.3 Å². The van der Waals surface area contributed by atoms with Crippen molar-refractivity contribution in [1.29, 1.82) is 0 Å². The second-order valence-corrected chi connectivity index (χ2v) is 6.74. The zero-order chi connectivity index (χ0) is 12.0. The third-order valence-electron chi connectivity index (χ3n) is 5.40. The van der Waals surface area contributed by atoms with Crippen molar-refractivity contribution in [3.8, 4) is 0 Å². The lowest BCUT2D eigenvalue weighted by molar-refractivity contribution is 0.159. The van der Waals surface area contributed by atoms with Crippen molar-refractivity contribution in [2.45, 2.75) is 65.9 Å². The second kappa shape index (κ2) is 3.87. The van der Waals surface area contributed by atoms with Gasteiger partial charge in [-0.05, 0) is 48.0 Å². The van der Waals surface area contributed by atoms with Crippen LogP contribution >= 0.6 is 0 Å². The molecule has 0 amide bonds. The third kappa shape index (κ3) is 1.73. The van der Waals surface area contributed by atoms with Gasteiger partial charge in [-0.15, -0.1) is 0 Å². The van der Waals surface area contributed by atoms with Gasteiger partial charge in [-0.2, -0.15) is 0 Å². The average molecular weight is 222 g/mol. The van der Waals surface area contributed by atoms with Crippen LogP contribution in [0.4, 0.5) is 0 Å². The van der Waals surface area contributed by atoms with E-state index < -0.39 is 0 Å². The largest absolute Gasteiger partial charge is 0.388 e. The van der Waals surface area contributed by atoms with Crippen molar-refractivity contribution in [2.75, 3.05) is 0 Å². The molecule has 2 aliphatic rings. The summed E-state index contributed by atoms with van der Waals surface area (Å²) in [5.74, 6) is 0.448. The zero-order valence-corrected chi connectivity index (χ0v) is 11.2. The lowest BCUT2D eigenvalue weighted by atomic mass is 9.96. The van der Waals surface area contributed by atoms with Gasteiger partial charge in [0.2, 0.25) is 0 Å². The van der Waals surface area contributed by atoms with Gasteiger partial charge in [0, 0.05) is 0 Å². The van der Waals surface area contributed by atoms with Crippen molar-refractivity contribution < 1.29 is 5.11 Å². The Morgan fingerprint density at radius 3 is 2.31 bits per heavy atom. The molecule has 0 heterocycles. The molecule has 1 fully saturated rings. The quantitative estimate of drug-likeness (QED) is 0.702. The maximum absolute atomic E-state index is 10.5. The van der Waals surface area contributed by atoms with Crippen LogP contribution < -0.4 is 0 Å². The average Bonchev–Trinajstić information content (AvgIpc) is 2.73. The Labute approximate surface area is 99.9 Å².